The average Bonchev–Trinajstić information content (AvgIpc) is 2.91. The van der Waals surface area contributed by atoms with Crippen molar-refractivity contribution < 1.29 is 4.52 Å². The second-order valence-electron chi connectivity index (χ2n) is 4.51. The Morgan fingerprint density at radius 2 is 1.75 bits per heavy atom. The predicted molar refractivity (Wildman–Crippen MR) is 73.7 cm³/mol. The van der Waals surface area contributed by atoms with Crippen LogP contribution in [0.1, 0.15) is 17.0 Å². The van der Waals surface area contributed by atoms with Gasteiger partial charge in [0.15, 0.2) is 0 Å². The van der Waals surface area contributed by atoms with Crippen molar-refractivity contribution in [3.8, 4) is 11.6 Å². The van der Waals surface area contributed by atoms with Crippen molar-refractivity contribution in [3.05, 3.63) is 53.7 Å². The van der Waals surface area contributed by atoms with Crippen LogP contribution < -0.4 is 5.73 Å². The largest absolute Gasteiger partial charge is 0.399 e. The van der Waals surface area contributed by atoms with E-state index < -0.39 is 0 Å². The minimum absolute atomic E-state index is 0.399. The van der Waals surface area contributed by atoms with Crippen molar-refractivity contribution >= 4 is 5.69 Å². The molecule has 0 aliphatic carbocycles. The fraction of sp³-hybridized carbons (Fsp3) is 0.143. The third-order valence-corrected chi connectivity index (χ3v) is 2.78. The number of nitrogens with zero attached hydrogens (tertiary/aromatic N) is 4. The first-order valence-electron chi connectivity index (χ1n) is 6.17. The highest BCUT2D eigenvalue weighted by atomic mass is 16.5. The zero-order valence-corrected chi connectivity index (χ0v) is 10.9. The quantitative estimate of drug-likeness (QED) is 0.730. The first-order chi connectivity index (χ1) is 9.70. The SMILES string of the molecule is Cc1cnc(-c2noc(Cc3ccc(N)cc3)n2)nc1. The van der Waals surface area contributed by atoms with Crippen LogP contribution in [0.15, 0.2) is 41.2 Å². The molecule has 100 valence electrons. The van der Waals surface area contributed by atoms with E-state index in [1.807, 2.05) is 31.2 Å². The molecule has 0 saturated carbocycles. The zero-order valence-electron chi connectivity index (χ0n) is 10.9. The van der Waals surface area contributed by atoms with Gasteiger partial charge in [-0.3, -0.25) is 0 Å². The van der Waals surface area contributed by atoms with Gasteiger partial charge in [0.25, 0.3) is 0 Å². The number of benzene rings is 1. The van der Waals surface area contributed by atoms with Gasteiger partial charge < -0.3 is 10.3 Å². The smallest absolute Gasteiger partial charge is 0.240 e. The molecule has 2 heterocycles. The highest BCUT2D eigenvalue weighted by Gasteiger charge is 2.11. The molecule has 0 saturated heterocycles. The third-order valence-electron chi connectivity index (χ3n) is 2.78. The average molecular weight is 267 g/mol. The Bertz CT molecular complexity index is 703. The molecule has 3 aromatic rings. The van der Waals surface area contributed by atoms with Crippen LogP contribution in [-0.4, -0.2) is 20.1 Å². The van der Waals surface area contributed by atoms with E-state index in [0.717, 1.165) is 16.8 Å². The van der Waals surface area contributed by atoms with Gasteiger partial charge in [0, 0.05) is 18.1 Å². The van der Waals surface area contributed by atoms with Crippen molar-refractivity contribution in [2.24, 2.45) is 0 Å². The van der Waals surface area contributed by atoms with Crippen molar-refractivity contribution in [1.82, 2.24) is 20.1 Å². The number of aryl methyl sites for hydroxylation is 1. The molecule has 0 atom stereocenters. The van der Waals surface area contributed by atoms with E-state index in [-0.39, 0.29) is 0 Å². The zero-order chi connectivity index (χ0) is 13.9. The Labute approximate surface area is 115 Å². The first-order valence-corrected chi connectivity index (χ1v) is 6.17. The molecule has 0 unspecified atom stereocenters. The van der Waals surface area contributed by atoms with Crippen LogP contribution in [0.2, 0.25) is 0 Å². The van der Waals surface area contributed by atoms with Gasteiger partial charge in [-0.15, -0.1) is 0 Å². The molecule has 6 nitrogen and oxygen atoms in total. The van der Waals surface area contributed by atoms with Crippen LogP contribution in [0.3, 0.4) is 0 Å². The van der Waals surface area contributed by atoms with Crippen molar-refractivity contribution in [2.45, 2.75) is 13.3 Å². The van der Waals surface area contributed by atoms with Crippen LogP contribution >= 0.6 is 0 Å². The van der Waals surface area contributed by atoms with E-state index in [0.29, 0.717) is 24.0 Å². The molecule has 0 bridgehead atoms. The van der Waals surface area contributed by atoms with E-state index in [1.165, 1.54) is 0 Å². The fourth-order valence-electron chi connectivity index (χ4n) is 1.74. The summed E-state index contributed by atoms with van der Waals surface area (Å²) in [4.78, 5) is 12.6. The number of anilines is 1. The van der Waals surface area contributed by atoms with Gasteiger partial charge in [-0.1, -0.05) is 17.3 Å². The van der Waals surface area contributed by atoms with Crippen LogP contribution in [0, 0.1) is 6.92 Å². The van der Waals surface area contributed by atoms with Gasteiger partial charge in [-0.25, -0.2) is 9.97 Å². The normalized spacial score (nSPS) is 10.7. The molecular formula is C14H13N5O. The molecule has 2 N–H and O–H groups in total. The third kappa shape index (κ3) is 2.64. The maximum absolute atomic E-state index is 5.64. The standard InChI is InChI=1S/C14H13N5O/c1-9-7-16-13(17-8-9)14-18-12(20-19-14)6-10-2-4-11(15)5-3-10/h2-5,7-8H,6,15H2,1H3. The topological polar surface area (TPSA) is 90.7 Å². The number of rotatable bonds is 3. The molecule has 20 heavy (non-hydrogen) atoms. The molecule has 0 aliphatic rings. The lowest BCUT2D eigenvalue weighted by molar-refractivity contribution is 0.385. The molecular weight excluding hydrogens is 254 g/mol. The molecule has 1 aromatic carbocycles. The van der Waals surface area contributed by atoms with E-state index in [4.69, 9.17) is 10.3 Å². The Morgan fingerprint density at radius 3 is 2.45 bits per heavy atom. The van der Waals surface area contributed by atoms with Gasteiger partial charge in [0.2, 0.25) is 17.5 Å². The Morgan fingerprint density at radius 1 is 1.05 bits per heavy atom. The Balaban J connectivity index is 1.80. The Hall–Kier alpha value is -2.76. The summed E-state index contributed by atoms with van der Waals surface area (Å²) in [6, 6.07) is 7.55. The molecule has 0 spiro atoms. The first kappa shape index (κ1) is 12.3. The summed E-state index contributed by atoms with van der Waals surface area (Å²) >= 11 is 0. The molecule has 3 rings (SSSR count). The van der Waals surface area contributed by atoms with Crippen LogP contribution in [-0.2, 0) is 6.42 Å². The summed E-state index contributed by atoms with van der Waals surface area (Å²) in [5.74, 6) is 1.38. The molecule has 6 heteroatoms. The lowest BCUT2D eigenvalue weighted by Gasteiger charge is -1.97. The second-order valence-corrected chi connectivity index (χ2v) is 4.51. The van der Waals surface area contributed by atoms with Gasteiger partial charge >= 0.3 is 0 Å². The lowest BCUT2D eigenvalue weighted by Crippen LogP contribution is -1.92. The summed E-state index contributed by atoms with van der Waals surface area (Å²) < 4.78 is 5.21. The summed E-state index contributed by atoms with van der Waals surface area (Å²) in [6.07, 6.45) is 4.00. The van der Waals surface area contributed by atoms with E-state index in [9.17, 15) is 0 Å². The summed E-state index contributed by atoms with van der Waals surface area (Å²) in [5, 5.41) is 3.89. The maximum atomic E-state index is 5.64. The number of hydrogen-bond donors (Lipinski definition) is 1. The van der Waals surface area contributed by atoms with Gasteiger partial charge in [0.1, 0.15) is 0 Å². The van der Waals surface area contributed by atoms with Crippen LogP contribution in [0.4, 0.5) is 5.69 Å². The van der Waals surface area contributed by atoms with E-state index in [2.05, 4.69) is 20.1 Å². The fourth-order valence-corrected chi connectivity index (χ4v) is 1.74. The van der Waals surface area contributed by atoms with Crippen molar-refractivity contribution in [3.63, 3.8) is 0 Å². The van der Waals surface area contributed by atoms with Gasteiger partial charge in [-0.2, -0.15) is 4.98 Å². The lowest BCUT2D eigenvalue weighted by atomic mass is 10.1. The molecule has 0 radical (unpaired) electrons. The minimum atomic E-state index is 0.399. The molecule has 0 aliphatic heterocycles. The number of aromatic nitrogens is 4. The monoisotopic (exact) mass is 267 g/mol. The molecule has 2 aromatic heterocycles. The highest BCUT2D eigenvalue weighted by Crippen LogP contribution is 2.14. The molecule has 0 amide bonds. The van der Waals surface area contributed by atoms with Crippen molar-refractivity contribution in [2.75, 3.05) is 5.73 Å². The second kappa shape index (κ2) is 5.08. The summed E-state index contributed by atoms with van der Waals surface area (Å²) in [7, 11) is 0. The van der Waals surface area contributed by atoms with Crippen LogP contribution in [0.25, 0.3) is 11.6 Å². The number of nitrogens with two attached hydrogens (primary N) is 1. The minimum Gasteiger partial charge on any atom is -0.399 e. The molecule has 0 fully saturated rings. The van der Waals surface area contributed by atoms with E-state index >= 15 is 0 Å². The Kier molecular flexibility index (Phi) is 3.12. The van der Waals surface area contributed by atoms with Crippen LogP contribution in [0.5, 0.6) is 0 Å². The van der Waals surface area contributed by atoms with Gasteiger partial charge in [-0.05, 0) is 30.2 Å². The number of hydrogen-bond acceptors (Lipinski definition) is 6. The highest BCUT2D eigenvalue weighted by molar-refractivity contribution is 5.42. The predicted octanol–water partition coefficient (Wildman–Crippen LogP) is 2.01. The summed E-state index contributed by atoms with van der Waals surface area (Å²) in [6.45, 7) is 1.92. The van der Waals surface area contributed by atoms with Crippen molar-refractivity contribution in [1.29, 1.82) is 0 Å². The number of nitrogen functional groups attached to an aromatic ring is 1. The van der Waals surface area contributed by atoms with E-state index in [1.54, 1.807) is 12.4 Å². The summed E-state index contributed by atoms with van der Waals surface area (Å²) in [5.41, 5.74) is 8.41. The maximum Gasteiger partial charge on any atom is 0.240 e. The van der Waals surface area contributed by atoms with Gasteiger partial charge in [0.05, 0.1) is 6.42 Å².